The maximum atomic E-state index is 10.5. The number of benzene rings is 2. The lowest BCUT2D eigenvalue weighted by Crippen LogP contribution is -2.47. The Hall–Kier alpha value is -1.65. The Labute approximate surface area is 183 Å². The molecule has 0 aromatic heterocycles. The number of aryl methyl sites for hydroxylation is 1. The van der Waals surface area contributed by atoms with Crippen LogP contribution in [0.1, 0.15) is 82.0 Å². The predicted octanol–water partition coefficient (Wildman–Crippen LogP) is 6.93. The Morgan fingerprint density at radius 2 is 1.86 bits per heavy atom. The highest BCUT2D eigenvalue weighted by atomic mass is 79.9. The SMILES string of the molecule is CCCCCC[C@@]1(C)N=C(c2ccc(CC)cc2)C[C@H](c2cc(Br)ccc2O)N1. The van der Waals surface area contributed by atoms with Crippen LogP contribution in [0.3, 0.4) is 0 Å². The molecule has 29 heavy (non-hydrogen) atoms. The van der Waals surface area contributed by atoms with Crippen LogP contribution in [0.2, 0.25) is 0 Å². The van der Waals surface area contributed by atoms with Gasteiger partial charge in [0.1, 0.15) is 11.4 Å². The standard InChI is InChI=1S/C25H33BrN2O/c1-4-6-7-8-15-25(3)27-22(19-11-9-18(5-2)10-12-19)17-23(28-25)21-16-20(26)13-14-24(21)29/h9-14,16,23,28-29H,4-8,15,17H2,1-3H3/t23-,25+/m1/s1. The summed E-state index contributed by atoms with van der Waals surface area (Å²) in [5, 5.41) is 14.3. The predicted molar refractivity (Wildman–Crippen MR) is 126 cm³/mol. The third-order valence-corrected chi connectivity index (χ3v) is 6.34. The molecule has 1 heterocycles. The second-order valence-corrected chi connectivity index (χ2v) is 9.21. The van der Waals surface area contributed by atoms with Crippen molar-refractivity contribution in [1.29, 1.82) is 0 Å². The fourth-order valence-electron chi connectivity index (χ4n) is 4.13. The normalized spacial score (nSPS) is 21.8. The number of hydrogen-bond donors (Lipinski definition) is 2. The zero-order valence-corrected chi connectivity index (χ0v) is 19.4. The van der Waals surface area contributed by atoms with Crippen molar-refractivity contribution in [3.8, 4) is 5.75 Å². The van der Waals surface area contributed by atoms with Gasteiger partial charge in [0.25, 0.3) is 0 Å². The van der Waals surface area contributed by atoms with Crippen molar-refractivity contribution in [1.82, 2.24) is 5.32 Å². The fraction of sp³-hybridized carbons (Fsp3) is 0.480. The third-order valence-electron chi connectivity index (χ3n) is 5.84. The van der Waals surface area contributed by atoms with Crippen molar-refractivity contribution in [2.75, 3.05) is 0 Å². The molecule has 0 fully saturated rings. The highest BCUT2D eigenvalue weighted by Gasteiger charge is 2.34. The van der Waals surface area contributed by atoms with Crippen molar-refractivity contribution in [2.24, 2.45) is 4.99 Å². The minimum Gasteiger partial charge on any atom is -0.508 e. The summed E-state index contributed by atoms with van der Waals surface area (Å²) in [6.07, 6.45) is 7.68. The lowest BCUT2D eigenvalue weighted by Gasteiger charge is -2.38. The Morgan fingerprint density at radius 3 is 2.55 bits per heavy atom. The highest BCUT2D eigenvalue weighted by Crippen LogP contribution is 2.36. The molecule has 2 aromatic rings. The van der Waals surface area contributed by atoms with Crippen molar-refractivity contribution in [3.63, 3.8) is 0 Å². The molecule has 0 bridgehead atoms. The van der Waals surface area contributed by atoms with Gasteiger partial charge in [-0.05, 0) is 55.5 Å². The van der Waals surface area contributed by atoms with Gasteiger partial charge >= 0.3 is 0 Å². The van der Waals surface area contributed by atoms with Gasteiger partial charge in [-0.25, -0.2) is 0 Å². The third kappa shape index (κ3) is 5.70. The average molecular weight is 457 g/mol. The number of phenolic OH excluding ortho intramolecular Hbond substituents is 1. The molecule has 1 aliphatic heterocycles. The van der Waals surface area contributed by atoms with E-state index in [9.17, 15) is 5.11 Å². The van der Waals surface area contributed by atoms with E-state index in [4.69, 9.17) is 4.99 Å². The monoisotopic (exact) mass is 456 g/mol. The van der Waals surface area contributed by atoms with Crippen molar-refractivity contribution < 1.29 is 5.11 Å². The second kappa shape index (κ2) is 9.90. The fourth-order valence-corrected chi connectivity index (χ4v) is 4.51. The Morgan fingerprint density at radius 1 is 1.10 bits per heavy atom. The molecule has 0 radical (unpaired) electrons. The van der Waals surface area contributed by atoms with E-state index in [1.165, 1.54) is 30.4 Å². The number of halogens is 1. The van der Waals surface area contributed by atoms with E-state index in [1.54, 1.807) is 6.07 Å². The molecular formula is C25H33BrN2O. The summed E-state index contributed by atoms with van der Waals surface area (Å²) < 4.78 is 0.980. The molecule has 0 unspecified atom stereocenters. The zero-order valence-electron chi connectivity index (χ0n) is 17.8. The van der Waals surface area contributed by atoms with Crippen molar-refractivity contribution >= 4 is 21.6 Å². The molecule has 0 amide bonds. The summed E-state index contributed by atoms with van der Waals surface area (Å²) in [4.78, 5) is 5.18. The van der Waals surface area contributed by atoms with Crippen LogP contribution >= 0.6 is 15.9 Å². The number of nitrogens with zero attached hydrogens (tertiary/aromatic N) is 1. The van der Waals surface area contributed by atoms with Gasteiger partial charge in [-0.2, -0.15) is 0 Å². The summed E-state index contributed by atoms with van der Waals surface area (Å²) in [6, 6.07) is 14.5. The van der Waals surface area contributed by atoms with E-state index in [2.05, 4.69) is 66.3 Å². The summed E-state index contributed by atoms with van der Waals surface area (Å²) in [6.45, 7) is 6.61. The molecule has 0 spiro atoms. The first kappa shape index (κ1) is 22.0. The van der Waals surface area contributed by atoms with Crippen LogP contribution in [0.25, 0.3) is 0 Å². The van der Waals surface area contributed by atoms with E-state index in [-0.39, 0.29) is 11.7 Å². The van der Waals surface area contributed by atoms with E-state index in [0.29, 0.717) is 5.75 Å². The zero-order chi connectivity index (χ0) is 20.9. The summed E-state index contributed by atoms with van der Waals surface area (Å²) in [5.41, 5.74) is 4.24. The van der Waals surface area contributed by atoms with Crippen molar-refractivity contribution in [2.45, 2.75) is 77.4 Å². The number of nitrogens with one attached hydrogen (secondary N) is 1. The van der Waals surface area contributed by atoms with Gasteiger partial charge in [-0.1, -0.05) is 73.3 Å². The molecule has 3 rings (SSSR count). The van der Waals surface area contributed by atoms with Crippen LogP contribution in [-0.2, 0) is 6.42 Å². The second-order valence-electron chi connectivity index (χ2n) is 8.30. The number of aliphatic imine (C=N–C) groups is 1. The first-order valence-electron chi connectivity index (χ1n) is 10.9. The first-order valence-corrected chi connectivity index (χ1v) is 11.7. The van der Waals surface area contributed by atoms with Gasteiger partial charge in [0, 0.05) is 28.2 Å². The molecule has 4 heteroatoms. The van der Waals surface area contributed by atoms with Gasteiger partial charge < -0.3 is 5.11 Å². The average Bonchev–Trinajstić information content (AvgIpc) is 2.72. The van der Waals surface area contributed by atoms with E-state index in [0.717, 1.165) is 41.4 Å². The van der Waals surface area contributed by atoms with E-state index in [1.807, 2.05) is 12.1 Å². The molecule has 0 aliphatic carbocycles. The van der Waals surface area contributed by atoms with Crippen LogP contribution in [-0.4, -0.2) is 16.5 Å². The lowest BCUT2D eigenvalue weighted by atomic mass is 9.90. The van der Waals surface area contributed by atoms with Gasteiger partial charge in [-0.3, -0.25) is 10.3 Å². The summed E-state index contributed by atoms with van der Waals surface area (Å²) in [7, 11) is 0. The Bertz CT molecular complexity index is 846. The smallest absolute Gasteiger partial charge is 0.120 e. The van der Waals surface area contributed by atoms with Gasteiger partial charge in [-0.15, -0.1) is 0 Å². The van der Waals surface area contributed by atoms with Crippen molar-refractivity contribution in [3.05, 3.63) is 63.6 Å². The maximum Gasteiger partial charge on any atom is 0.120 e. The van der Waals surface area contributed by atoms with Gasteiger partial charge in [0.2, 0.25) is 0 Å². The summed E-state index contributed by atoms with van der Waals surface area (Å²) >= 11 is 3.56. The van der Waals surface area contributed by atoms with Crippen LogP contribution in [0, 0.1) is 0 Å². The molecule has 0 saturated carbocycles. The first-order chi connectivity index (χ1) is 13.9. The summed E-state index contributed by atoms with van der Waals surface area (Å²) in [5.74, 6) is 0.335. The molecule has 2 atom stereocenters. The number of unbranched alkanes of at least 4 members (excludes halogenated alkanes) is 3. The van der Waals surface area contributed by atoms with Gasteiger partial charge in [0.05, 0.1) is 0 Å². The number of aromatic hydroxyl groups is 1. The van der Waals surface area contributed by atoms with Gasteiger partial charge in [0.15, 0.2) is 0 Å². The number of rotatable bonds is 8. The molecule has 2 N–H and O–H groups in total. The van der Waals surface area contributed by atoms with Crippen LogP contribution in [0.5, 0.6) is 5.75 Å². The lowest BCUT2D eigenvalue weighted by molar-refractivity contribution is 0.277. The number of phenols is 1. The number of hydrogen-bond acceptors (Lipinski definition) is 3. The molecule has 1 aliphatic rings. The Balaban J connectivity index is 1.92. The van der Waals surface area contributed by atoms with Crippen LogP contribution < -0.4 is 5.32 Å². The van der Waals surface area contributed by atoms with E-state index < -0.39 is 0 Å². The minimum atomic E-state index is -0.329. The Kier molecular flexibility index (Phi) is 7.53. The molecule has 156 valence electrons. The topological polar surface area (TPSA) is 44.6 Å². The maximum absolute atomic E-state index is 10.5. The molecule has 2 aromatic carbocycles. The largest absolute Gasteiger partial charge is 0.508 e. The molecule has 0 saturated heterocycles. The quantitative estimate of drug-likeness (QED) is 0.422. The van der Waals surface area contributed by atoms with E-state index >= 15 is 0 Å². The highest BCUT2D eigenvalue weighted by molar-refractivity contribution is 9.10. The van der Waals surface area contributed by atoms with Crippen LogP contribution in [0.4, 0.5) is 0 Å². The molecule has 3 nitrogen and oxygen atoms in total. The van der Waals surface area contributed by atoms with Crippen LogP contribution in [0.15, 0.2) is 51.9 Å². The minimum absolute atomic E-state index is 0.0297. The molecular weight excluding hydrogens is 424 g/mol.